The van der Waals surface area contributed by atoms with Crippen LogP contribution in [0.25, 0.3) is 0 Å². The summed E-state index contributed by atoms with van der Waals surface area (Å²) >= 11 is 0. The molecule has 0 aromatic carbocycles. The second-order valence-corrected chi connectivity index (χ2v) is 10.1. The Labute approximate surface area is 182 Å². The summed E-state index contributed by atoms with van der Waals surface area (Å²) in [6, 6.07) is 0.509. The van der Waals surface area contributed by atoms with Gasteiger partial charge < -0.3 is 20.3 Å². The van der Waals surface area contributed by atoms with E-state index in [-0.39, 0.29) is 18.0 Å². The number of nitrogens with zero attached hydrogens (tertiary/aromatic N) is 3. The van der Waals surface area contributed by atoms with E-state index in [1.54, 1.807) is 19.0 Å². The number of rotatable bonds is 6. The summed E-state index contributed by atoms with van der Waals surface area (Å²) in [7, 11) is 3.59. The number of hydrogen-bond donors (Lipinski definition) is 2. The summed E-state index contributed by atoms with van der Waals surface area (Å²) in [6.07, 6.45) is 11.7. The Morgan fingerprint density at radius 2 is 1.90 bits per heavy atom. The highest BCUT2D eigenvalue weighted by Gasteiger charge is 2.41. The highest BCUT2D eigenvalue weighted by molar-refractivity contribution is 5.85. The van der Waals surface area contributed by atoms with Crippen LogP contribution in [-0.4, -0.2) is 86.7 Å². The Hall–Kier alpha value is -1.34. The number of carbonyl (C=O) groups is 1. The van der Waals surface area contributed by atoms with Gasteiger partial charge in [0.25, 0.3) is 0 Å². The fourth-order valence-electron chi connectivity index (χ4n) is 6.14. The lowest BCUT2D eigenvalue weighted by molar-refractivity contribution is -0.127. The van der Waals surface area contributed by atoms with Gasteiger partial charge in [-0.05, 0) is 43.9 Å². The maximum Gasteiger partial charge on any atom is 0.243 e. The van der Waals surface area contributed by atoms with Gasteiger partial charge in [0.05, 0.1) is 13.2 Å². The smallest absolute Gasteiger partial charge is 0.243 e. The zero-order chi connectivity index (χ0) is 21.0. The van der Waals surface area contributed by atoms with Crippen LogP contribution in [0.3, 0.4) is 0 Å². The highest BCUT2D eigenvalue weighted by atomic mass is 16.5. The summed E-state index contributed by atoms with van der Waals surface area (Å²) in [5.41, 5.74) is 0.185. The van der Waals surface area contributed by atoms with Crippen LogP contribution in [0.2, 0.25) is 0 Å². The van der Waals surface area contributed by atoms with Gasteiger partial charge >= 0.3 is 0 Å². The van der Waals surface area contributed by atoms with Crippen LogP contribution in [0, 0.1) is 11.8 Å². The maximum atomic E-state index is 12.2. The van der Waals surface area contributed by atoms with Crippen molar-refractivity contribution in [1.29, 1.82) is 0 Å². The van der Waals surface area contributed by atoms with E-state index in [1.165, 1.54) is 57.8 Å². The average molecular weight is 420 g/mol. The van der Waals surface area contributed by atoms with Gasteiger partial charge in [-0.3, -0.25) is 9.69 Å². The number of likely N-dealkylation sites (N-methyl/N-ethyl adjacent to an activating group) is 1. The van der Waals surface area contributed by atoms with Crippen LogP contribution >= 0.6 is 0 Å². The molecule has 0 aromatic heterocycles. The van der Waals surface area contributed by atoms with Crippen molar-refractivity contribution in [2.24, 2.45) is 16.8 Å². The van der Waals surface area contributed by atoms with Crippen molar-refractivity contribution in [3.8, 4) is 0 Å². The molecule has 7 heteroatoms. The Morgan fingerprint density at radius 3 is 2.53 bits per heavy atom. The topological polar surface area (TPSA) is 69.2 Å². The molecule has 7 nitrogen and oxygen atoms in total. The van der Waals surface area contributed by atoms with E-state index in [1.807, 2.05) is 0 Å². The van der Waals surface area contributed by atoms with E-state index in [9.17, 15) is 4.79 Å². The van der Waals surface area contributed by atoms with Crippen LogP contribution in [0.1, 0.15) is 57.8 Å². The molecule has 1 heterocycles. The third-order valence-electron chi connectivity index (χ3n) is 7.98. The third kappa shape index (κ3) is 5.10. The molecule has 1 saturated heterocycles. The minimum absolute atomic E-state index is 0.0459. The van der Waals surface area contributed by atoms with Gasteiger partial charge in [-0.2, -0.15) is 0 Å². The van der Waals surface area contributed by atoms with Crippen LogP contribution in [-0.2, 0) is 9.53 Å². The van der Waals surface area contributed by atoms with Gasteiger partial charge in [0, 0.05) is 45.3 Å². The Balaban J connectivity index is 1.43. The van der Waals surface area contributed by atoms with Crippen molar-refractivity contribution in [2.75, 3.05) is 53.5 Å². The normalized spacial score (nSPS) is 31.5. The van der Waals surface area contributed by atoms with E-state index in [4.69, 9.17) is 9.73 Å². The molecule has 1 aliphatic heterocycles. The zero-order valence-electron chi connectivity index (χ0n) is 19.0. The molecule has 2 N–H and O–H groups in total. The molecule has 0 spiro atoms. The van der Waals surface area contributed by atoms with Gasteiger partial charge in [-0.15, -0.1) is 0 Å². The van der Waals surface area contributed by atoms with Crippen molar-refractivity contribution in [3.63, 3.8) is 0 Å². The van der Waals surface area contributed by atoms with E-state index in [0.29, 0.717) is 6.04 Å². The second kappa shape index (κ2) is 9.86. The summed E-state index contributed by atoms with van der Waals surface area (Å²) in [6.45, 7) is 4.82. The molecule has 30 heavy (non-hydrogen) atoms. The molecule has 3 aliphatic carbocycles. The van der Waals surface area contributed by atoms with Crippen molar-refractivity contribution >= 4 is 11.9 Å². The standard InChI is InChI=1S/C23H41N5O2/c1-27(2)21(29)16-24-22(26-20-15-18-6-7-19(20)14-18)25-17-23(8-4-3-5-9-23)28-10-12-30-13-11-28/h18-20H,3-17H2,1-2H3,(H2,24,25,26). The molecule has 0 radical (unpaired) electrons. The lowest BCUT2D eigenvalue weighted by atomic mass is 9.79. The molecule has 4 aliphatic rings. The molecule has 2 bridgehead atoms. The summed E-state index contributed by atoms with van der Waals surface area (Å²) in [5, 5.41) is 7.42. The number of nitrogens with one attached hydrogen (secondary N) is 2. The van der Waals surface area contributed by atoms with Crippen LogP contribution < -0.4 is 10.6 Å². The van der Waals surface area contributed by atoms with Crippen LogP contribution in [0.15, 0.2) is 4.99 Å². The SMILES string of the molecule is CN(C)C(=O)CN=C(NCC1(N2CCOCC2)CCCCC1)NC1CC2CCC1C2. The molecule has 1 amide bonds. The van der Waals surface area contributed by atoms with E-state index < -0.39 is 0 Å². The number of guanidine groups is 1. The lowest BCUT2D eigenvalue weighted by Crippen LogP contribution is -2.61. The molecular weight excluding hydrogens is 378 g/mol. The molecule has 3 unspecified atom stereocenters. The molecule has 0 aromatic rings. The fraction of sp³-hybridized carbons (Fsp3) is 0.913. The quantitative estimate of drug-likeness (QED) is 0.508. The molecule has 3 atom stereocenters. The van der Waals surface area contributed by atoms with Gasteiger partial charge in [-0.1, -0.05) is 25.7 Å². The predicted molar refractivity (Wildman–Crippen MR) is 120 cm³/mol. The number of amides is 1. The molecule has 3 saturated carbocycles. The van der Waals surface area contributed by atoms with Crippen LogP contribution in [0.4, 0.5) is 0 Å². The number of carbonyl (C=O) groups excluding carboxylic acids is 1. The maximum absolute atomic E-state index is 12.2. The highest BCUT2D eigenvalue weighted by Crippen LogP contribution is 2.44. The first-order valence-electron chi connectivity index (χ1n) is 12.1. The first-order valence-corrected chi connectivity index (χ1v) is 12.1. The largest absolute Gasteiger partial charge is 0.379 e. The van der Waals surface area contributed by atoms with Crippen molar-refractivity contribution in [2.45, 2.75) is 69.4 Å². The average Bonchev–Trinajstić information content (AvgIpc) is 3.40. The molecule has 4 fully saturated rings. The van der Waals surface area contributed by atoms with E-state index in [2.05, 4.69) is 15.5 Å². The minimum atomic E-state index is 0.0459. The van der Waals surface area contributed by atoms with Crippen molar-refractivity contribution < 1.29 is 9.53 Å². The number of hydrogen-bond acceptors (Lipinski definition) is 4. The number of morpholine rings is 1. The third-order valence-corrected chi connectivity index (χ3v) is 7.98. The molecule has 4 rings (SSSR count). The van der Waals surface area contributed by atoms with Gasteiger partial charge in [0.1, 0.15) is 6.54 Å². The Morgan fingerprint density at radius 1 is 1.13 bits per heavy atom. The van der Waals surface area contributed by atoms with Crippen molar-refractivity contribution in [1.82, 2.24) is 20.4 Å². The summed E-state index contributed by atoms with van der Waals surface area (Å²) in [4.78, 5) is 21.2. The predicted octanol–water partition coefficient (Wildman–Crippen LogP) is 1.83. The number of fused-ring (bicyclic) bond motifs is 2. The fourth-order valence-corrected chi connectivity index (χ4v) is 6.14. The zero-order valence-corrected chi connectivity index (χ0v) is 19.0. The van der Waals surface area contributed by atoms with Gasteiger partial charge in [-0.25, -0.2) is 4.99 Å². The molecule has 170 valence electrons. The second-order valence-electron chi connectivity index (χ2n) is 10.1. The van der Waals surface area contributed by atoms with Gasteiger partial charge in [0.2, 0.25) is 5.91 Å². The summed E-state index contributed by atoms with van der Waals surface area (Å²) < 4.78 is 5.63. The van der Waals surface area contributed by atoms with E-state index >= 15 is 0 Å². The number of aliphatic imine (C=N–C) groups is 1. The Bertz CT molecular complexity index is 611. The first kappa shape index (κ1) is 21.9. The van der Waals surface area contributed by atoms with Crippen molar-refractivity contribution in [3.05, 3.63) is 0 Å². The lowest BCUT2D eigenvalue weighted by Gasteiger charge is -2.48. The molecular formula is C23H41N5O2. The van der Waals surface area contributed by atoms with Crippen LogP contribution in [0.5, 0.6) is 0 Å². The Kier molecular flexibility index (Phi) is 7.19. The first-order chi connectivity index (χ1) is 14.6. The monoisotopic (exact) mass is 419 g/mol. The number of ether oxygens (including phenoxy) is 1. The summed E-state index contributed by atoms with van der Waals surface area (Å²) in [5.74, 6) is 2.54. The van der Waals surface area contributed by atoms with E-state index in [0.717, 1.165) is 50.6 Å². The van der Waals surface area contributed by atoms with Gasteiger partial charge in [0.15, 0.2) is 5.96 Å². The minimum Gasteiger partial charge on any atom is -0.379 e.